The zero-order valence-electron chi connectivity index (χ0n) is 14.6. The van der Waals surface area contributed by atoms with Gasteiger partial charge in [-0.25, -0.2) is 8.78 Å². The predicted molar refractivity (Wildman–Crippen MR) is 105 cm³/mol. The molecule has 6 nitrogen and oxygen atoms in total. The molecule has 3 aromatic carbocycles. The van der Waals surface area contributed by atoms with Crippen LogP contribution in [0, 0.1) is 11.6 Å². The highest BCUT2D eigenvalue weighted by molar-refractivity contribution is 7.88. The Labute approximate surface area is 180 Å². The van der Waals surface area contributed by atoms with Gasteiger partial charge in [-0.05, 0) is 54.6 Å². The lowest BCUT2D eigenvalue weighted by Gasteiger charge is -2.11. The van der Waals surface area contributed by atoms with Gasteiger partial charge in [0.05, 0.1) is 10.0 Å². The van der Waals surface area contributed by atoms with E-state index in [1.165, 1.54) is 0 Å². The molecule has 0 aromatic heterocycles. The largest absolute Gasteiger partial charge is 0.377 e. The first-order chi connectivity index (χ1) is 14.0. The minimum Gasteiger partial charge on any atom is -0.377 e. The molecule has 0 aliphatic rings. The summed E-state index contributed by atoms with van der Waals surface area (Å²) in [6, 6.07) is 9.71. The van der Waals surface area contributed by atoms with Gasteiger partial charge in [-0.3, -0.25) is 0 Å². The van der Waals surface area contributed by atoms with Crippen molar-refractivity contribution in [3.63, 3.8) is 0 Å². The fraction of sp³-hybridized carbons (Fsp3) is 0. The Balaban J connectivity index is 1.92. The SMILES string of the molecule is O=S(=O)(Oc1ccc(F)cc1Cl)c1cccc(S(=O)(=O)Oc2ccc(F)cc2Cl)c1. The lowest BCUT2D eigenvalue weighted by molar-refractivity contribution is 0.482. The molecule has 0 N–H and O–H groups in total. The van der Waals surface area contributed by atoms with Crippen LogP contribution >= 0.6 is 23.2 Å². The topological polar surface area (TPSA) is 86.7 Å². The molecule has 30 heavy (non-hydrogen) atoms. The molecule has 0 radical (unpaired) electrons. The highest BCUT2D eigenvalue weighted by Crippen LogP contribution is 2.30. The fourth-order valence-corrected chi connectivity index (χ4v) is 4.77. The molecule has 0 saturated carbocycles. The lowest BCUT2D eigenvalue weighted by atomic mass is 10.3. The van der Waals surface area contributed by atoms with Crippen molar-refractivity contribution in [3.05, 3.63) is 82.3 Å². The molecule has 158 valence electrons. The van der Waals surface area contributed by atoms with Crippen LogP contribution in [0.15, 0.2) is 70.5 Å². The second kappa shape index (κ2) is 8.38. The van der Waals surface area contributed by atoms with Crippen LogP contribution in [0.3, 0.4) is 0 Å². The van der Waals surface area contributed by atoms with Crippen molar-refractivity contribution in [2.24, 2.45) is 0 Å². The zero-order valence-corrected chi connectivity index (χ0v) is 17.7. The minimum atomic E-state index is -4.52. The summed E-state index contributed by atoms with van der Waals surface area (Å²) in [5, 5.41) is -0.590. The smallest absolute Gasteiger partial charge is 0.339 e. The molecule has 0 fully saturated rings. The van der Waals surface area contributed by atoms with Gasteiger partial charge in [-0.15, -0.1) is 0 Å². The molecule has 3 aromatic rings. The summed E-state index contributed by atoms with van der Waals surface area (Å²) in [5.41, 5.74) is 0. The summed E-state index contributed by atoms with van der Waals surface area (Å²) in [4.78, 5) is -1.06. The highest BCUT2D eigenvalue weighted by atomic mass is 35.5. The predicted octanol–water partition coefficient (Wildman–Crippen LogP) is 4.81. The number of halogens is 4. The van der Waals surface area contributed by atoms with Crippen LogP contribution in [0.25, 0.3) is 0 Å². The normalized spacial score (nSPS) is 11.9. The molecule has 0 saturated heterocycles. The molecule has 0 unspecified atom stereocenters. The van der Waals surface area contributed by atoms with Gasteiger partial charge in [-0.2, -0.15) is 16.8 Å². The van der Waals surface area contributed by atoms with Gasteiger partial charge in [-0.1, -0.05) is 29.3 Å². The molecule has 0 aliphatic heterocycles. The van der Waals surface area contributed by atoms with Gasteiger partial charge < -0.3 is 8.37 Å². The Hall–Kier alpha value is -2.40. The summed E-state index contributed by atoms with van der Waals surface area (Å²) in [5.74, 6) is -2.09. The van der Waals surface area contributed by atoms with E-state index in [0.29, 0.717) is 0 Å². The fourth-order valence-electron chi connectivity index (χ4n) is 2.20. The van der Waals surface area contributed by atoms with Crippen molar-refractivity contribution < 1.29 is 34.0 Å². The molecule has 0 atom stereocenters. The van der Waals surface area contributed by atoms with E-state index < -0.39 is 41.7 Å². The first-order valence-corrected chi connectivity index (χ1v) is 11.4. The standard InChI is InChI=1S/C18H10Cl2F2O6S2/c19-15-8-11(21)4-6-17(15)27-29(23,24)13-2-1-3-14(10-13)30(25,26)28-18-7-5-12(22)9-16(18)20/h1-10H. The van der Waals surface area contributed by atoms with Gasteiger partial charge in [0.2, 0.25) is 0 Å². The van der Waals surface area contributed by atoms with Crippen LogP contribution in [0.4, 0.5) is 8.78 Å². The average Bonchev–Trinajstić information content (AvgIpc) is 2.66. The second-order valence-electron chi connectivity index (χ2n) is 5.70. The van der Waals surface area contributed by atoms with Gasteiger partial charge in [0, 0.05) is 0 Å². The van der Waals surface area contributed by atoms with Crippen molar-refractivity contribution in [2.45, 2.75) is 9.79 Å². The van der Waals surface area contributed by atoms with E-state index in [9.17, 15) is 25.6 Å². The third kappa shape index (κ3) is 5.01. The second-order valence-corrected chi connectivity index (χ2v) is 9.61. The Morgan fingerprint density at radius 1 is 0.633 bits per heavy atom. The maximum Gasteiger partial charge on any atom is 0.339 e. The highest BCUT2D eigenvalue weighted by Gasteiger charge is 2.24. The summed E-state index contributed by atoms with van der Waals surface area (Å²) in [6.07, 6.45) is 0. The van der Waals surface area contributed by atoms with Crippen LogP contribution in [0.2, 0.25) is 10.0 Å². The van der Waals surface area contributed by atoms with Gasteiger partial charge >= 0.3 is 20.2 Å². The average molecular weight is 495 g/mol. The third-order valence-electron chi connectivity index (χ3n) is 3.57. The Morgan fingerprint density at radius 2 is 1.03 bits per heavy atom. The molecule has 0 aliphatic carbocycles. The van der Waals surface area contributed by atoms with Gasteiger partial charge in [0.25, 0.3) is 0 Å². The first kappa shape index (κ1) is 22.3. The van der Waals surface area contributed by atoms with E-state index in [-0.39, 0.29) is 21.5 Å². The number of hydrogen-bond donors (Lipinski definition) is 0. The van der Waals surface area contributed by atoms with Crippen LogP contribution in [0.5, 0.6) is 11.5 Å². The van der Waals surface area contributed by atoms with Crippen molar-refractivity contribution in [3.8, 4) is 11.5 Å². The van der Waals surface area contributed by atoms with Crippen molar-refractivity contribution in [1.29, 1.82) is 0 Å². The van der Waals surface area contributed by atoms with Gasteiger partial charge in [0.1, 0.15) is 21.4 Å². The van der Waals surface area contributed by atoms with E-state index >= 15 is 0 Å². The van der Waals surface area contributed by atoms with Crippen LogP contribution in [0.1, 0.15) is 0 Å². The van der Waals surface area contributed by atoms with Crippen LogP contribution < -0.4 is 8.37 Å². The number of rotatable bonds is 6. The van der Waals surface area contributed by atoms with E-state index in [1.54, 1.807) is 0 Å². The zero-order chi connectivity index (χ0) is 22.1. The van der Waals surface area contributed by atoms with Crippen molar-refractivity contribution in [2.75, 3.05) is 0 Å². The molecule has 0 amide bonds. The van der Waals surface area contributed by atoms with E-state index in [0.717, 1.165) is 60.7 Å². The molecular weight excluding hydrogens is 485 g/mol. The summed E-state index contributed by atoms with van der Waals surface area (Å²) < 4.78 is 85.9. The van der Waals surface area contributed by atoms with E-state index in [1.807, 2.05) is 0 Å². The number of benzene rings is 3. The first-order valence-electron chi connectivity index (χ1n) is 7.87. The quantitative estimate of drug-likeness (QED) is 0.457. The lowest BCUT2D eigenvalue weighted by Crippen LogP contribution is -2.13. The third-order valence-corrected chi connectivity index (χ3v) is 6.62. The van der Waals surface area contributed by atoms with Crippen molar-refractivity contribution >= 4 is 43.4 Å². The molecule has 0 heterocycles. The molecule has 3 rings (SSSR count). The van der Waals surface area contributed by atoms with E-state index in [2.05, 4.69) is 0 Å². The molecule has 12 heteroatoms. The summed E-state index contributed by atoms with van der Waals surface area (Å²) in [6.45, 7) is 0. The Morgan fingerprint density at radius 3 is 1.40 bits per heavy atom. The monoisotopic (exact) mass is 494 g/mol. The molecule has 0 bridgehead atoms. The number of hydrogen-bond acceptors (Lipinski definition) is 6. The Kier molecular flexibility index (Phi) is 6.23. The molecular formula is C18H10Cl2F2O6S2. The summed E-state index contributed by atoms with van der Waals surface area (Å²) >= 11 is 11.5. The van der Waals surface area contributed by atoms with Crippen LogP contribution in [-0.2, 0) is 20.2 Å². The maximum atomic E-state index is 13.1. The maximum absolute atomic E-state index is 13.1. The minimum absolute atomic E-state index is 0.295. The van der Waals surface area contributed by atoms with Gasteiger partial charge in [0.15, 0.2) is 11.5 Å². The van der Waals surface area contributed by atoms with Crippen molar-refractivity contribution in [1.82, 2.24) is 0 Å². The van der Waals surface area contributed by atoms with E-state index in [4.69, 9.17) is 31.6 Å². The summed E-state index contributed by atoms with van der Waals surface area (Å²) in [7, 11) is -9.04. The molecule has 0 spiro atoms. The Bertz CT molecular complexity index is 1230. The van der Waals surface area contributed by atoms with Crippen LogP contribution in [-0.4, -0.2) is 16.8 Å².